The van der Waals surface area contributed by atoms with Gasteiger partial charge in [-0.15, -0.1) is 0 Å². The lowest BCUT2D eigenvalue weighted by atomic mass is 10.1. The molecule has 1 fully saturated rings. The van der Waals surface area contributed by atoms with Crippen LogP contribution in [0.2, 0.25) is 10.0 Å². The topological polar surface area (TPSA) is 67.7 Å². The van der Waals surface area contributed by atoms with E-state index >= 15 is 0 Å². The summed E-state index contributed by atoms with van der Waals surface area (Å²) in [6, 6.07) is 5.64. The summed E-state index contributed by atoms with van der Waals surface area (Å²) in [6.07, 6.45) is 5.44. The zero-order valence-corrected chi connectivity index (χ0v) is 14.3. The van der Waals surface area contributed by atoms with Crippen LogP contribution in [0.25, 0.3) is 11.0 Å². The minimum atomic E-state index is 0.362. The van der Waals surface area contributed by atoms with Crippen molar-refractivity contribution in [2.75, 3.05) is 18.4 Å². The molecular formula is C16H16Cl2N6. The number of nitrogens with one attached hydrogen (secondary N) is 2. The molecule has 1 aliphatic rings. The first-order valence-electron chi connectivity index (χ1n) is 7.83. The van der Waals surface area contributed by atoms with Crippen molar-refractivity contribution in [3.8, 4) is 0 Å². The highest BCUT2D eigenvalue weighted by molar-refractivity contribution is 6.35. The van der Waals surface area contributed by atoms with Crippen LogP contribution in [0.5, 0.6) is 0 Å². The minimum absolute atomic E-state index is 0.362. The Bertz CT molecular complexity index is 872. The second kappa shape index (κ2) is 6.55. The molecule has 2 N–H and O–H groups in total. The van der Waals surface area contributed by atoms with Crippen LogP contribution in [0, 0.1) is 0 Å². The molecule has 0 atom stereocenters. The van der Waals surface area contributed by atoms with Crippen molar-refractivity contribution in [1.82, 2.24) is 25.1 Å². The molecule has 2 aromatic heterocycles. The van der Waals surface area contributed by atoms with Gasteiger partial charge in [-0.1, -0.05) is 23.2 Å². The Hall–Kier alpha value is -1.89. The van der Waals surface area contributed by atoms with Crippen molar-refractivity contribution in [2.24, 2.45) is 0 Å². The van der Waals surface area contributed by atoms with Crippen LogP contribution in [0.1, 0.15) is 18.9 Å². The smallest absolute Gasteiger partial charge is 0.163 e. The van der Waals surface area contributed by atoms with Gasteiger partial charge in [0.1, 0.15) is 12.1 Å². The fraction of sp³-hybridized carbons (Fsp3) is 0.312. The van der Waals surface area contributed by atoms with Gasteiger partial charge in [0, 0.05) is 5.02 Å². The Morgan fingerprint density at radius 1 is 1.17 bits per heavy atom. The van der Waals surface area contributed by atoms with Gasteiger partial charge in [-0.05, 0) is 44.1 Å². The molecule has 0 bridgehead atoms. The fourth-order valence-electron chi connectivity index (χ4n) is 3.00. The molecule has 4 rings (SSSR count). The molecule has 6 nitrogen and oxygen atoms in total. The molecule has 0 radical (unpaired) electrons. The number of hydrogen-bond donors (Lipinski definition) is 2. The van der Waals surface area contributed by atoms with Gasteiger partial charge in [0.15, 0.2) is 5.65 Å². The molecule has 24 heavy (non-hydrogen) atoms. The van der Waals surface area contributed by atoms with Gasteiger partial charge >= 0.3 is 0 Å². The van der Waals surface area contributed by atoms with Crippen molar-refractivity contribution in [3.63, 3.8) is 0 Å². The summed E-state index contributed by atoms with van der Waals surface area (Å²) in [4.78, 5) is 8.77. The highest BCUT2D eigenvalue weighted by Crippen LogP contribution is 2.31. The van der Waals surface area contributed by atoms with E-state index in [2.05, 4.69) is 25.7 Å². The number of anilines is 2. The second-order valence-electron chi connectivity index (χ2n) is 5.78. The number of halogens is 2. The van der Waals surface area contributed by atoms with Gasteiger partial charge in [-0.2, -0.15) is 5.10 Å². The van der Waals surface area contributed by atoms with Crippen molar-refractivity contribution >= 4 is 45.7 Å². The van der Waals surface area contributed by atoms with Crippen LogP contribution in [0.15, 0.2) is 30.7 Å². The van der Waals surface area contributed by atoms with Gasteiger partial charge in [0.05, 0.1) is 28.3 Å². The Labute approximate surface area is 149 Å². The van der Waals surface area contributed by atoms with E-state index in [1.807, 2.05) is 4.68 Å². The zero-order chi connectivity index (χ0) is 16.5. The molecule has 3 aromatic rings. The third-order valence-electron chi connectivity index (χ3n) is 4.23. The Morgan fingerprint density at radius 2 is 2.00 bits per heavy atom. The van der Waals surface area contributed by atoms with E-state index in [0.717, 1.165) is 37.0 Å². The van der Waals surface area contributed by atoms with Crippen molar-refractivity contribution in [1.29, 1.82) is 0 Å². The van der Waals surface area contributed by atoms with E-state index in [0.29, 0.717) is 27.6 Å². The maximum absolute atomic E-state index is 6.23. The largest absolute Gasteiger partial charge is 0.338 e. The Balaban J connectivity index is 1.71. The van der Waals surface area contributed by atoms with Gasteiger partial charge in [-0.25, -0.2) is 14.6 Å². The summed E-state index contributed by atoms with van der Waals surface area (Å²) in [5.74, 6) is 0.671. The SMILES string of the molecule is Clc1ccc(Cl)c(Nc2ncnc3c2cnn3C2CCNCC2)c1. The maximum atomic E-state index is 6.23. The number of aromatic nitrogens is 4. The summed E-state index contributed by atoms with van der Waals surface area (Å²) < 4.78 is 2.00. The maximum Gasteiger partial charge on any atom is 0.163 e. The zero-order valence-electron chi connectivity index (χ0n) is 12.8. The van der Waals surface area contributed by atoms with Crippen molar-refractivity contribution < 1.29 is 0 Å². The van der Waals surface area contributed by atoms with E-state index in [4.69, 9.17) is 23.2 Å². The summed E-state index contributed by atoms with van der Waals surface area (Å²) in [5.41, 5.74) is 1.54. The van der Waals surface area contributed by atoms with Crippen LogP contribution in [0.3, 0.4) is 0 Å². The number of benzene rings is 1. The van der Waals surface area contributed by atoms with Gasteiger partial charge in [0.25, 0.3) is 0 Å². The van der Waals surface area contributed by atoms with E-state index in [1.165, 1.54) is 0 Å². The van der Waals surface area contributed by atoms with E-state index < -0.39 is 0 Å². The highest BCUT2D eigenvalue weighted by Gasteiger charge is 2.20. The first kappa shape index (κ1) is 15.6. The van der Waals surface area contributed by atoms with E-state index in [1.54, 1.807) is 30.7 Å². The van der Waals surface area contributed by atoms with Gasteiger partial charge < -0.3 is 10.6 Å². The third-order valence-corrected chi connectivity index (χ3v) is 4.79. The van der Waals surface area contributed by atoms with Crippen LogP contribution in [-0.2, 0) is 0 Å². The number of fused-ring (bicyclic) bond motifs is 1. The normalized spacial score (nSPS) is 15.8. The third kappa shape index (κ3) is 2.92. The molecule has 0 unspecified atom stereocenters. The van der Waals surface area contributed by atoms with E-state index in [9.17, 15) is 0 Å². The number of hydrogen-bond acceptors (Lipinski definition) is 5. The summed E-state index contributed by atoms with van der Waals surface area (Å²) in [5, 5.41) is 13.2. The van der Waals surface area contributed by atoms with Crippen LogP contribution >= 0.6 is 23.2 Å². The monoisotopic (exact) mass is 362 g/mol. The number of nitrogens with zero attached hydrogens (tertiary/aromatic N) is 4. The molecule has 0 spiro atoms. The average Bonchev–Trinajstić information content (AvgIpc) is 3.04. The standard InChI is InChI=1S/C16H16Cl2N6/c17-10-1-2-13(18)14(7-10)23-15-12-8-22-24(16(12)21-9-20-15)11-3-5-19-6-4-11/h1-2,7-9,11,19H,3-6H2,(H,20,21,23). The average molecular weight is 363 g/mol. The van der Waals surface area contributed by atoms with Crippen molar-refractivity contribution in [2.45, 2.75) is 18.9 Å². The van der Waals surface area contributed by atoms with Gasteiger partial charge in [-0.3, -0.25) is 0 Å². The van der Waals surface area contributed by atoms with Crippen molar-refractivity contribution in [3.05, 3.63) is 40.8 Å². The summed E-state index contributed by atoms with van der Waals surface area (Å²) in [6.45, 7) is 2.00. The number of piperidine rings is 1. The first-order valence-corrected chi connectivity index (χ1v) is 8.59. The highest BCUT2D eigenvalue weighted by atomic mass is 35.5. The lowest BCUT2D eigenvalue weighted by molar-refractivity contribution is 0.349. The van der Waals surface area contributed by atoms with E-state index in [-0.39, 0.29) is 0 Å². The van der Waals surface area contributed by atoms with Crippen LogP contribution < -0.4 is 10.6 Å². The molecule has 1 aromatic carbocycles. The fourth-order valence-corrected chi connectivity index (χ4v) is 3.34. The molecule has 3 heterocycles. The lowest BCUT2D eigenvalue weighted by Gasteiger charge is -2.23. The second-order valence-corrected chi connectivity index (χ2v) is 6.62. The lowest BCUT2D eigenvalue weighted by Crippen LogP contribution is -2.29. The molecule has 124 valence electrons. The van der Waals surface area contributed by atoms with Crippen LogP contribution in [-0.4, -0.2) is 32.8 Å². The molecular weight excluding hydrogens is 347 g/mol. The molecule has 8 heteroatoms. The molecule has 0 amide bonds. The quantitative estimate of drug-likeness (QED) is 0.741. The Morgan fingerprint density at radius 3 is 2.83 bits per heavy atom. The number of rotatable bonds is 3. The minimum Gasteiger partial charge on any atom is -0.338 e. The van der Waals surface area contributed by atoms with Crippen LogP contribution in [0.4, 0.5) is 11.5 Å². The Kier molecular flexibility index (Phi) is 4.26. The summed E-state index contributed by atoms with van der Waals surface area (Å²) in [7, 11) is 0. The first-order chi connectivity index (χ1) is 11.7. The van der Waals surface area contributed by atoms with Gasteiger partial charge in [0.2, 0.25) is 0 Å². The molecule has 0 saturated carbocycles. The molecule has 0 aliphatic carbocycles. The predicted octanol–water partition coefficient (Wildman–Crippen LogP) is 3.80. The molecule has 1 saturated heterocycles. The summed E-state index contributed by atoms with van der Waals surface area (Å²) >= 11 is 12.3. The predicted molar refractivity (Wildman–Crippen MR) is 96.2 cm³/mol. The molecule has 1 aliphatic heterocycles.